The Morgan fingerprint density at radius 2 is 1.53 bits per heavy atom. The Balaban J connectivity index is 4.71. The van der Waals surface area contributed by atoms with Gasteiger partial charge >= 0.3 is 5.97 Å². The Kier molecular flexibility index (Phi) is 5.82. The van der Waals surface area contributed by atoms with Gasteiger partial charge in [0.2, 0.25) is 0 Å². The molecule has 0 rings (SSSR count). The normalized spacial score (nSPS) is 17.5. The van der Waals surface area contributed by atoms with Crippen molar-refractivity contribution in [1.29, 1.82) is 0 Å². The van der Waals surface area contributed by atoms with Crippen LogP contribution in [0.1, 0.15) is 55.4 Å². The summed E-state index contributed by atoms with van der Waals surface area (Å²) >= 11 is 0. The van der Waals surface area contributed by atoms with Gasteiger partial charge < -0.3 is 9.84 Å². The number of carbonyl (C=O) groups is 1. The Hall–Kier alpha value is -0.830. The molecule has 0 bridgehead atoms. The largest absolute Gasteiger partial charge is 0.460 e. The molecule has 19 heavy (non-hydrogen) atoms. The third kappa shape index (κ3) is 5.35. The molecule has 0 heterocycles. The molecule has 0 fully saturated rings. The van der Waals surface area contributed by atoms with Gasteiger partial charge in [-0.3, -0.25) is 0 Å². The molecule has 3 heteroatoms. The average molecular weight is 270 g/mol. The number of rotatable bonds is 5. The fourth-order valence-electron chi connectivity index (χ4n) is 1.67. The van der Waals surface area contributed by atoms with E-state index in [0.717, 1.165) is 5.57 Å². The molecule has 0 aromatic heterocycles. The zero-order chi connectivity index (χ0) is 15.6. The first-order valence-electron chi connectivity index (χ1n) is 6.90. The standard InChI is InChI=1S/C16H30O3/c1-10(12(3)15(5,6)7)11(2)13(4)19-14(17)16(8,9)18/h11-13,18H,1H2,2-9H3. The van der Waals surface area contributed by atoms with Crippen molar-refractivity contribution in [2.24, 2.45) is 17.3 Å². The van der Waals surface area contributed by atoms with Crippen LogP contribution in [0.4, 0.5) is 0 Å². The lowest BCUT2D eigenvalue weighted by Crippen LogP contribution is -2.38. The molecule has 0 aromatic carbocycles. The fourth-order valence-corrected chi connectivity index (χ4v) is 1.67. The van der Waals surface area contributed by atoms with Crippen LogP contribution in [-0.4, -0.2) is 22.8 Å². The van der Waals surface area contributed by atoms with Gasteiger partial charge in [-0.2, -0.15) is 0 Å². The minimum atomic E-state index is -1.45. The molecular weight excluding hydrogens is 240 g/mol. The Morgan fingerprint density at radius 3 is 1.84 bits per heavy atom. The summed E-state index contributed by atoms with van der Waals surface area (Å²) in [5, 5.41) is 9.60. The van der Waals surface area contributed by atoms with Gasteiger partial charge in [-0.25, -0.2) is 4.79 Å². The second-order valence-electron chi connectivity index (χ2n) is 7.12. The van der Waals surface area contributed by atoms with E-state index in [2.05, 4.69) is 34.3 Å². The van der Waals surface area contributed by atoms with Gasteiger partial charge in [0.15, 0.2) is 5.60 Å². The lowest BCUT2D eigenvalue weighted by atomic mass is 9.73. The zero-order valence-electron chi connectivity index (χ0n) is 13.7. The van der Waals surface area contributed by atoms with E-state index in [1.54, 1.807) is 0 Å². The number of aliphatic hydroxyl groups is 1. The first-order valence-corrected chi connectivity index (χ1v) is 6.90. The van der Waals surface area contributed by atoms with E-state index in [-0.39, 0.29) is 17.4 Å². The van der Waals surface area contributed by atoms with E-state index in [9.17, 15) is 9.90 Å². The molecule has 0 saturated heterocycles. The smallest absolute Gasteiger partial charge is 0.337 e. The van der Waals surface area contributed by atoms with Gasteiger partial charge in [-0.05, 0) is 32.1 Å². The minimum absolute atomic E-state index is 0.0560. The van der Waals surface area contributed by atoms with Crippen LogP contribution in [0, 0.1) is 17.3 Å². The molecule has 0 aliphatic heterocycles. The van der Waals surface area contributed by atoms with Crippen LogP contribution in [-0.2, 0) is 9.53 Å². The molecule has 112 valence electrons. The maximum atomic E-state index is 11.7. The van der Waals surface area contributed by atoms with E-state index in [0.29, 0.717) is 5.92 Å². The lowest BCUT2D eigenvalue weighted by Gasteiger charge is -2.34. The molecule has 3 atom stereocenters. The van der Waals surface area contributed by atoms with Crippen molar-refractivity contribution in [3.8, 4) is 0 Å². The van der Waals surface area contributed by atoms with Gasteiger partial charge in [-0.1, -0.05) is 46.8 Å². The number of hydrogen-bond acceptors (Lipinski definition) is 3. The van der Waals surface area contributed by atoms with Gasteiger partial charge in [0, 0.05) is 5.92 Å². The topological polar surface area (TPSA) is 46.5 Å². The number of hydrogen-bond donors (Lipinski definition) is 1. The quantitative estimate of drug-likeness (QED) is 0.613. The van der Waals surface area contributed by atoms with Crippen molar-refractivity contribution >= 4 is 5.97 Å². The zero-order valence-corrected chi connectivity index (χ0v) is 13.7. The summed E-state index contributed by atoms with van der Waals surface area (Å²) in [7, 11) is 0. The van der Waals surface area contributed by atoms with Crippen LogP contribution in [0.5, 0.6) is 0 Å². The SMILES string of the molecule is C=C(C(C)C(C)OC(=O)C(C)(C)O)C(C)C(C)(C)C. The summed E-state index contributed by atoms with van der Waals surface area (Å²) in [6, 6.07) is 0. The monoisotopic (exact) mass is 270 g/mol. The highest BCUT2D eigenvalue weighted by Gasteiger charge is 2.32. The molecular formula is C16H30O3. The molecule has 0 aliphatic carbocycles. The first kappa shape index (κ1) is 18.2. The predicted octanol–water partition coefficient (Wildman–Crippen LogP) is 3.56. The van der Waals surface area contributed by atoms with Crippen molar-refractivity contribution < 1.29 is 14.6 Å². The average Bonchev–Trinajstić information content (AvgIpc) is 2.23. The highest BCUT2D eigenvalue weighted by Crippen LogP contribution is 2.35. The summed E-state index contributed by atoms with van der Waals surface area (Å²) in [5.74, 6) is -0.214. The van der Waals surface area contributed by atoms with Gasteiger partial charge in [0.25, 0.3) is 0 Å². The second kappa shape index (κ2) is 6.08. The van der Waals surface area contributed by atoms with Gasteiger partial charge in [0.05, 0.1) is 0 Å². The van der Waals surface area contributed by atoms with E-state index >= 15 is 0 Å². The Labute approximate surface area is 118 Å². The van der Waals surface area contributed by atoms with Crippen molar-refractivity contribution in [2.45, 2.75) is 67.1 Å². The van der Waals surface area contributed by atoms with E-state index in [4.69, 9.17) is 4.74 Å². The van der Waals surface area contributed by atoms with Gasteiger partial charge in [-0.15, -0.1) is 0 Å². The minimum Gasteiger partial charge on any atom is -0.460 e. The van der Waals surface area contributed by atoms with Crippen molar-refractivity contribution in [3.63, 3.8) is 0 Å². The highest BCUT2D eigenvalue weighted by molar-refractivity contribution is 5.78. The summed E-state index contributed by atoms with van der Waals surface area (Å²) in [6.45, 7) is 19.5. The molecule has 0 amide bonds. The molecule has 0 spiro atoms. The van der Waals surface area contributed by atoms with Crippen molar-refractivity contribution in [1.82, 2.24) is 0 Å². The fraction of sp³-hybridized carbons (Fsp3) is 0.812. The maximum Gasteiger partial charge on any atom is 0.337 e. The predicted molar refractivity (Wildman–Crippen MR) is 78.8 cm³/mol. The lowest BCUT2D eigenvalue weighted by molar-refractivity contribution is -0.168. The summed E-state index contributed by atoms with van der Waals surface area (Å²) in [6.07, 6.45) is -0.295. The maximum absolute atomic E-state index is 11.7. The molecule has 0 aromatic rings. The van der Waals surface area contributed by atoms with Crippen molar-refractivity contribution in [3.05, 3.63) is 12.2 Å². The summed E-state index contributed by atoms with van der Waals surface area (Å²) in [4.78, 5) is 11.7. The Bertz CT molecular complexity index is 331. The summed E-state index contributed by atoms with van der Waals surface area (Å²) < 4.78 is 5.31. The number of ether oxygens (including phenoxy) is 1. The van der Waals surface area contributed by atoms with E-state index < -0.39 is 11.6 Å². The molecule has 1 N–H and O–H groups in total. The van der Waals surface area contributed by atoms with Gasteiger partial charge in [0.1, 0.15) is 6.10 Å². The molecule has 0 radical (unpaired) electrons. The van der Waals surface area contributed by atoms with E-state index in [1.807, 2.05) is 13.8 Å². The van der Waals surface area contributed by atoms with Crippen LogP contribution in [0.15, 0.2) is 12.2 Å². The second-order valence-corrected chi connectivity index (χ2v) is 7.12. The van der Waals surface area contributed by atoms with Crippen LogP contribution in [0.2, 0.25) is 0 Å². The van der Waals surface area contributed by atoms with E-state index in [1.165, 1.54) is 13.8 Å². The molecule has 0 saturated carbocycles. The summed E-state index contributed by atoms with van der Waals surface area (Å²) in [5.41, 5.74) is -0.250. The third-order valence-corrected chi connectivity index (χ3v) is 3.94. The first-order chi connectivity index (χ1) is 8.28. The highest BCUT2D eigenvalue weighted by atomic mass is 16.6. The van der Waals surface area contributed by atoms with Crippen LogP contribution < -0.4 is 0 Å². The molecule has 3 unspecified atom stereocenters. The number of carbonyl (C=O) groups excluding carboxylic acids is 1. The molecule has 0 aliphatic rings. The number of esters is 1. The molecule has 3 nitrogen and oxygen atoms in total. The van der Waals surface area contributed by atoms with Crippen LogP contribution in [0.25, 0.3) is 0 Å². The third-order valence-electron chi connectivity index (χ3n) is 3.94. The Morgan fingerprint density at radius 1 is 1.11 bits per heavy atom. The van der Waals surface area contributed by atoms with Crippen molar-refractivity contribution in [2.75, 3.05) is 0 Å². The van der Waals surface area contributed by atoms with Crippen LogP contribution >= 0.6 is 0 Å². The van der Waals surface area contributed by atoms with Crippen LogP contribution in [0.3, 0.4) is 0 Å².